The van der Waals surface area contributed by atoms with Gasteiger partial charge in [0, 0.05) is 23.1 Å². The first-order valence-corrected chi connectivity index (χ1v) is 7.23. The summed E-state index contributed by atoms with van der Waals surface area (Å²) >= 11 is 0. The molecule has 0 spiro atoms. The molecule has 1 aliphatic rings. The smallest absolute Gasteiger partial charge is 0.307 e. The fourth-order valence-electron chi connectivity index (χ4n) is 2.62. The van der Waals surface area contributed by atoms with E-state index >= 15 is 0 Å². The number of aryl methyl sites for hydroxylation is 1. The minimum atomic E-state index is -0.859. The molecule has 23 heavy (non-hydrogen) atoms. The third kappa shape index (κ3) is 3.08. The number of rotatable bonds is 4. The number of carbonyl (C=O) groups is 2. The van der Waals surface area contributed by atoms with E-state index in [0.29, 0.717) is 5.57 Å². The van der Waals surface area contributed by atoms with Crippen LogP contribution in [0.5, 0.6) is 0 Å². The predicted molar refractivity (Wildman–Crippen MR) is 89.2 cm³/mol. The second-order valence-electron chi connectivity index (χ2n) is 5.42. The van der Waals surface area contributed by atoms with Gasteiger partial charge in [-0.15, -0.1) is 0 Å². The number of carboxylic acids is 1. The van der Waals surface area contributed by atoms with Crippen LogP contribution in [0.2, 0.25) is 0 Å². The first-order chi connectivity index (χ1) is 11.0. The molecule has 0 aromatic heterocycles. The van der Waals surface area contributed by atoms with E-state index in [1.165, 1.54) is 0 Å². The van der Waals surface area contributed by atoms with E-state index in [0.717, 1.165) is 28.1 Å². The van der Waals surface area contributed by atoms with E-state index in [9.17, 15) is 9.59 Å². The summed E-state index contributed by atoms with van der Waals surface area (Å²) < 4.78 is 0. The summed E-state index contributed by atoms with van der Waals surface area (Å²) in [7, 11) is 0. The number of hydrogen-bond acceptors (Lipinski definition) is 3. The third-order valence-corrected chi connectivity index (χ3v) is 3.73. The fraction of sp³-hybridized carbons (Fsp3) is 0.111. The number of nitrogens with one attached hydrogen (secondary N) is 2. The van der Waals surface area contributed by atoms with Gasteiger partial charge < -0.3 is 15.7 Å². The van der Waals surface area contributed by atoms with Gasteiger partial charge in [-0.25, -0.2) is 0 Å². The molecule has 5 heteroatoms. The lowest BCUT2D eigenvalue weighted by Gasteiger charge is -2.05. The van der Waals surface area contributed by atoms with Crippen molar-refractivity contribution in [2.45, 2.75) is 13.3 Å². The Bertz CT molecular complexity index is 808. The van der Waals surface area contributed by atoms with Crippen molar-refractivity contribution in [1.29, 1.82) is 0 Å². The summed E-state index contributed by atoms with van der Waals surface area (Å²) in [5.41, 5.74) is 4.88. The first kappa shape index (κ1) is 14.8. The number of anilines is 2. The zero-order chi connectivity index (χ0) is 16.4. The fourth-order valence-corrected chi connectivity index (χ4v) is 2.62. The van der Waals surface area contributed by atoms with Crippen LogP contribution in [-0.2, 0) is 16.0 Å². The maximum Gasteiger partial charge on any atom is 0.307 e. The van der Waals surface area contributed by atoms with Gasteiger partial charge >= 0.3 is 5.97 Å². The summed E-state index contributed by atoms with van der Waals surface area (Å²) in [5, 5.41) is 14.7. The van der Waals surface area contributed by atoms with Gasteiger partial charge in [0.1, 0.15) is 0 Å². The molecule has 3 rings (SSSR count). The highest BCUT2D eigenvalue weighted by Crippen LogP contribution is 2.34. The van der Waals surface area contributed by atoms with E-state index in [1.54, 1.807) is 30.5 Å². The maximum absolute atomic E-state index is 12.1. The van der Waals surface area contributed by atoms with Crippen molar-refractivity contribution in [3.8, 4) is 0 Å². The molecule has 0 atom stereocenters. The van der Waals surface area contributed by atoms with Crippen LogP contribution in [0.4, 0.5) is 11.4 Å². The Hall–Kier alpha value is -3.08. The molecule has 0 fully saturated rings. The van der Waals surface area contributed by atoms with Gasteiger partial charge in [0.25, 0.3) is 5.91 Å². The van der Waals surface area contributed by atoms with Gasteiger partial charge in [0.2, 0.25) is 0 Å². The Morgan fingerprint density at radius 1 is 1.22 bits per heavy atom. The van der Waals surface area contributed by atoms with Crippen LogP contribution in [0.15, 0.2) is 48.7 Å². The van der Waals surface area contributed by atoms with Gasteiger partial charge in [0.15, 0.2) is 0 Å². The van der Waals surface area contributed by atoms with E-state index in [4.69, 9.17) is 5.11 Å². The lowest BCUT2D eigenvalue weighted by molar-refractivity contribution is -0.136. The van der Waals surface area contributed by atoms with Crippen molar-refractivity contribution < 1.29 is 14.7 Å². The number of carboxylic acid groups (broad SMARTS) is 1. The Morgan fingerprint density at radius 2 is 1.96 bits per heavy atom. The Labute approximate surface area is 133 Å². The average Bonchev–Trinajstić information content (AvgIpc) is 2.83. The molecule has 5 nitrogen and oxygen atoms in total. The molecule has 116 valence electrons. The van der Waals surface area contributed by atoms with Crippen LogP contribution >= 0.6 is 0 Å². The van der Waals surface area contributed by atoms with Crippen LogP contribution in [-0.4, -0.2) is 17.0 Å². The highest BCUT2D eigenvalue weighted by molar-refractivity contribution is 6.32. The summed E-state index contributed by atoms with van der Waals surface area (Å²) in [6.45, 7) is 1.97. The van der Waals surface area contributed by atoms with E-state index in [1.807, 2.05) is 25.1 Å². The molecule has 0 bridgehead atoms. The molecule has 0 radical (unpaired) electrons. The largest absolute Gasteiger partial charge is 0.481 e. The van der Waals surface area contributed by atoms with Crippen molar-refractivity contribution in [2.75, 3.05) is 10.6 Å². The van der Waals surface area contributed by atoms with Crippen LogP contribution in [0.25, 0.3) is 5.57 Å². The van der Waals surface area contributed by atoms with Crippen LogP contribution in [0.1, 0.15) is 16.7 Å². The zero-order valence-electron chi connectivity index (χ0n) is 12.6. The molecule has 1 heterocycles. The summed E-state index contributed by atoms with van der Waals surface area (Å²) in [6, 6.07) is 12.8. The Balaban J connectivity index is 1.81. The summed E-state index contributed by atoms with van der Waals surface area (Å²) in [4.78, 5) is 22.8. The van der Waals surface area contributed by atoms with Crippen molar-refractivity contribution in [2.24, 2.45) is 0 Å². The van der Waals surface area contributed by atoms with E-state index in [2.05, 4.69) is 10.6 Å². The first-order valence-electron chi connectivity index (χ1n) is 7.23. The molecule has 2 aromatic carbocycles. The summed E-state index contributed by atoms with van der Waals surface area (Å²) in [5.74, 6) is -0.994. The van der Waals surface area contributed by atoms with Crippen molar-refractivity contribution in [1.82, 2.24) is 0 Å². The number of fused-ring (bicyclic) bond motifs is 1. The third-order valence-electron chi connectivity index (χ3n) is 3.73. The molecular formula is C18H16N2O3. The van der Waals surface area contributed by atoms with Gasteiger partial charge in [-0.05, 0) is 36.2 Å². The number of benzene rings is 2. The van der Waals surface area contributed by atoms with Gasteiger partial charge in [0.05, 0.1) is 12.0 Å². The van der Waals surface area contributed by atoms with Crippen LogP contribution in [0.3, 0.4) is 0 Å². The molecule has 3 N–H and O–H groups in total. The SMILES string of the molecule is Cc1cccc2c1/C(=C/Nc1ccc(CC(=O)O)cc1)C(=O)N2. The predicted octanol–water partition coefficient (Wildman–Crippen LogP) is 3.03. The highest BCUT2D eigenvalue weighted by Gasteiger charge is 2.25. The van der Waals surface area contributed by atoms with Gasteiger partial charge in [-0.1, -0.05) is 24.3 Å². The van der Waals surface area contributed by atoms with Gasteiger partial charge in [-0.2, -0.15) is 0 Å². The summed E-state index contributed by atoms with van der Waals surface area (Å²) in [6.07, 6.45) is 1.68. The topological polar surface area (TPSA) is 78.4 Å². The monoisotopic (exact) mass is 308 g/mol. The quantitative estimate of drug-likeness (QED) is 0.759. The Kier molecular flexibility index (Phi) is 3.85. The molecule has 1 aliphatic heterocycles. The van der Waals surface area contributed by atoms with Crippen molar-refractivity contribution in [3.05, 3.63) is 65.4 Å². The van der Waals surface area contributed by atoms with Crippen molar-refractivity contribution in [3.63, 3.8) is 0 Å². The number of carbonyl (C=O) groups excluding carboxylic acids is 1. The molecule has 0 aliphatic carbocycles. The lowest BCUT2D eigenvalue weighted by Crippen LogP contribution is -2.05. The minimum absolute atomic E-state index is 0.00363. The van der Waals surface area contributed by atoms with Crippen molar-refractivity contribution >= 4 is 28.8 Å². The van der Waals surface area contributed by atoms with E-state index < -0.39 is 5.97 Å². The lowest BCUT2D eigenvalue weighted by atomic mass is 10.0. The van der Waals surface area contributed by atoms with Gasteiger partial charge in [-0.3, -0.25) is 9.59 Å². The number of hydrogen-bond donors (Lipinski definition) is 3. The highest BCUT2D eigenvalue weighted by atomic mass is 16.4. The molecule has 1 amide bonds. The standard InChI is InChI=1S/C18H16N2O3/c1-11-3-2-4-15-17(11)14(18(23)20-15)10-19-13-7-5-12(6-8-13)9-16(21)22/h2-8,10,19H,9H2,1H3,(H,20,23)(H,21,22)/b14-10-. The molecular weight excluding hydrogens is 292 g/mol. The second kappa shape index (κ2) is 5.96. The molecule has 0 saturated heterocycles. The number of amides is 1. The van der Waals surface area contributed by atoms with Crippen LogP contribution in [0, 0.1) is 6.92 Å². The average molecular weight is 308 g/mol. The minimum Gasteiger partial charge on any atom is -0.481 e. The second-order valence-corrected chi connectivity index (χ2v) is 5.42. The molecule has 0 saturated carbocycles. The molecule has 2 aromatic rings. The maximum atomic E-state index is 12.1. The van der Waals surface area contributed by atoms with Crippen LogP contribution < -0.4 is 10.6 Å². The zero-order valence-corrected chi connectivity index (χ0v) is 12.6. The Morgan fingerprint density at radius 3 is 2.65 bits per heavy atom. The number of aliphatic carboxylic acids is 1. The molecule has 0 unspecified atom stereocenters. The van der Waals surface area contributed by atoms with E-state index in [-0.39, 0.29) is 12.3 Å². The normalized spacial score (nSPS) is 14.5.